The summed E-state index contributed by atoms with van der Waals surface area (Å²) < 4.78 is 43.8. The Labute approximate surface area is 195 Å². The van der Waals surface area contributed by atoms with E-state index in [1.165, 1.54) is 0 Å². The highest BCUT2D eigenvalue weighted by Crippen LogP contribution is 2.33. The average molecular weight is 484 g/mol. The van der Waals surface area contributed by atoms with E-state index in [0.29, 0.717) is 44.8 Å². The summed E-state index contributed by atoms with van der Waals surface area (Å²) in [6, 6.07) is 8.85. The molecular weight excluding hydrogens is 457 g/mol. The summed E-state index contributed by atoms with van der Waals surface area (Å²) in [5, 5.41) is 0.0317. The zero-order chi connectivity index (χ0) is 23.6. The number of nitrogens with one attached hydrogen (secondary N) is 1. The van der Waals surface area contributed by atoms with Gasteiger partial charge in [-0.25, -0.2) is 4.98 Å². The van der Waals surface area contributed by atoms with Gasteiger partial charge in [0.1, 0.15) is 17.0 Å². The molecule has 3 heterocycles. The van der Waals surface area contributed by atoms with Crippen LogP contribution in [0.4, 0.5) is 24.7 Å². The van der Waals surface area contributed by atoms with Gasteiger partial charge >= 0.3 is 6.18 Å². The van der Waals surface area contributed by atoms with Gasteiger partial charge in [-0.15, -0.1) is 0 Å². The Balaban J connectivity index is 1.29. The van der Waals surface area contributed by atoms with Gasteiger partial charge in [-0.1, -0.05) is 11.6 Å². The number of anilines is 2. The van der Waals surface area contributed by atoms with E-state index in [1.54, 1.807) is 7.11 Å². The molecule has 2 saturated heterocycles. The summed E-state index contributed by atoms with van der Waals surface area (Å²) in [4.78, 5) is 21.8. The van der Waals surface area contributed by atoms with E-state index >= 15 is 0 Å². The van der Waals surface area contributed by atoms with Crippen molar-refractivity contribution in [2.45, 2.75) is 19.0 Å². The number of carbonyl (C=O) groups excluding carboxylic acids is 1. The maximum Gasteiger partial charge on any atom is 0.419 e. The molecule has 2 aliphatic rings. The van der Waals surface area contributed by atoms with Gasteiger partial charge in [-0.2, -0.15) is 13.2 Å². The van der Waals surface area contributed by atoms with E-state index in [-0.39, 0.29) is 16.8 Å². The summed E-state index contributed by atoms with van der Waals surface area (Å²) >= 11 is 6.11. The van der Waals surface area contributed by atoms with Gasteiger partial charge in [0.15, 0.2) is 0 Å². The van der Waals surface area contributed by atoms with Crippen molar-refractivity contribution in [2.24, 2.45) is 5.92 Å². The first-order valence-corrected chi connectivity index (χ1v) is 11.3. The van der Waals surface area contributed by atoms with Crippen molar-refractivity contribution in [3.63, 3.8) is 0 Å². The van der Waals surface area contributed by atoms with E-state index in [4.69, 9.17) is 16.3 Å². The fraction of sp³-hybridized carbons (Fsp3) is 0.478. The number of H-pyrrole nitrogens is 1. The molecule has 178 valence electrons. The Morgan fingerprint density at radius 1 is 1.03 bits per heavy atom. The lowest BCUT2D eigenvalue weighted by Gasteiger charge is -2.38. The van der Waals surface area contributed by atoms with Crippen LogP contribution in [0.2, 0.25) is 5.02 Å². The van der Waals surface area contributed by atoms with Crippen LogP contribution in [0, 0.1) is 5.92 Å². The molecule has 10 heteroatoms. The molecule has 1 N–H and O–H groups in total. The summed E-state index contributed by atoms with van der Waals surface area (Å²) in [7, 11) is 1.64. The second-order valence-corrected chi connectivity index (χ2v) is 8.76. The number of amides is 1. The zero-order valence-electron chi connectivity index (χ0n) is 18.4. The number of halogens is 4. The van der Waals surface area contributed by atoms with Crippen molar-refractivity contribution in [3.05, 3.63) is 47.1 Å². The average Bonchev–Trinajstić information content (AvgIpc) is 2.83. The molecule has 1 amide bonds. The fourth-order valence-electron chi connectivity index (χ4n) is 4.45. The van der Waals surface area contributed by atoms with Crippen molar-refractivity contribution in [3.8, 4) is 5.75 Å². The molecule has 2 aliphatic heterocycles. The van der Waals surface area contributed by atoms with Gasteiger partial charge in [0.05, 0.1) is 25.8 Å². The number of piperazine rings is 1. The minimum atomic E-state index is -4.45. The summed E-state index contributed by atoms with van der Waals surface area (Å²) in [5.41, 5.74) is 0.302. The molecule has 4 rings (SSSR count). The van der Waals surface area contributed by atoms with E-state index < -0.39 is 11.7 Å². The number of nitrogens with zero attached hydrogens (tertiary/aromatic N) is 3. The van der Waals surface area contributed by atoms with Gasteiger partial charge in [-0.05, 0) is 43.2 Å². The van der Waals surface area contributed by atoms with Crippen molar-refractivity contribution in [1.29, 1.82) is 0 Å². The second-order valence-electron chi connectivity index (χ2n) is 8.35. The Morgan fingerprint density at radius 3 is 2.21 bits per heavy atom. The minimum Gasteiger partial charge on any atom is -0.497 e. The first-order chi connectivity index (χ1) is 15.8. The Kier molecular flexibility index (Phi) is 6.88. The highest BCUT2D eigenvalue weighted by molar-refractivity contribution is 6.32. The molecule has 1 aromatic carbocycles. The third-order valence-electron chi connectivity index (χ3n) is 6.39. The molecule has 0 aliphatic carbocycles. The van der Waals surface area contributed by atoms with Crippen molar-refractivity contribution in [2.75, 3.05) is 56.2 Å². The maximum absolute atomic E-state index is 13.1. The summed E-state index contributed by atoms with van der Waals surface area (Å²) in [5.74, 6) is 1.35. The van der Waals surface area contributed by atoms with Crippen LogP contribution in [-0.2, 0) is 11.0 Å². The molecule has 6 nitrogen and oxygen atoms in total. The molecule has 1 aromatic heterocycles. The smallest absolute Gasteiger partial charge is 0.419 e. The first-order valence-electron chi connectivity index (χ1n) is 11.0. The second kappa shape index (κ2) is 9.67. The third-order valence-corrected chi connectivity index (χ3v) is 6.68. The molecular formula is C23H27ClF3N4O2+. The predicted octanol–water partition coefficient (Wildman–Crippen LogP) is 3.75. The van der Waals surface area contributed by atoms with Gasteiger partial charge in [-0.3, -0.25) is 9.69 Å². The number of aromatic nitrogens is 1. The largest absolute Gasteiger partial charge is 0.497 e. The lowest BCUT2D eigenvalue weighted by Crippen LogP contribution is -2.52. The standard InChI is InChI=1S/C23H26ClF3N4O2/c1-33-19-4-2-18(3-5-19)29-10-12-31(13-11-29)22(32)16-6-8-30(9-7-16)21-20(24)14-17(15-28-21)23(25,26)27/h2-5,14-16H,6-13H2,1H3/p+1. The van der Waals surface area contributed by atoms with Gasteiger partial charge in [0.25, 0.3) is 5.82 Å². The Hall–Kier alpha value is -2.68. The number of hydrogen-bond donors (Lipinski definition) is 0. The quantitative estimate of drug-likeness (QED) is 0.664. The number of pyridine rings is 1. The highest BCUT2D eigenvalue weighted by Gasteiger charge is 2.36. The van der Waals surface area contributed by atoms with Crippen LogP contribution in [0.25, 0.3) is 0 Å². The van der Waals surface area contributed by atoms with E-state index in [9.17, 15) is 18.0 Å². The maximum atomic E-state index is 13.1. The molecule has 2 aromatic rings. The zero-order valence-corrected chi connectivity index (χ0v) is 19.1. The SMILES string of the molecule is COc1ccc(N2CCN(C(=O)C3CCN(c4[nH+]cc(C(F)(F)F)cc4Cl)CC3)CC2)cc1. The number of alkyl halides is 3. The van der Waals surface area contributed by atoms with Crippen LogP contribution in [0.5, 0.6) is 5.75 Å². The van der Waals surface area contributed by atoms with Gasteiger partial charge < -0.3 is 14.5 Å². The third kappa shape index (κ3) is 5.29. The fourth-order valence-corrected chi connectivity index (χ4v) is 4.75. The normalized spacial score (nSPS) is 17.9. The van der Waals surface area contributed by atoms with Gasteiger partial charge in [0, 0.05) is 37.8 Å². The highest BCUT2D eigenvalue weighted by atomic mass is 35.5. The monoisotopic (exact) mass is 483 g/mol. The number of ether oxygens (including phenoxy) is 1. The molecule has 0 radical (unpaired) electrons. The van der Waals surface area contributed by atoms with E-state index in [2.05, 4.69) is 9.88 Å². The summed E-state index contributed by atoms with van der Waals surface area (Å²) in [6.45, 7) is 4.00. The summed E-state index contributed by atoms with van der Waals surface area (Å²) in [6.07, 6.45) is -2.23. The van der Waals surface area contributed by atoms with Crippen LogP contribution in [-0.4, -0.2) is 57.2 Å². The number of aromatic amines is 1. The lowest BCUT2D eigenvalue weighted by atomic mass is 9.95. The molecule has 33 heavy (non-hydrogen) atoms. The molecule has 2 fully saturated rings. The van der Waals surface area contributed by atoms with Crippen LogP contribution < -0.4 is 19.5 Å². The Bertz CT molecular complexity index is 971. The molecule has 0 spiro atoms. The van der Waals surface area contributed by atoms with Crippen LogP contribution in [0.1, 0.15) is 18.4 Å². The number of piperidine rings is 1. The topological polar surface area (TPSA) is 50.2 Å². The lowest BCUT2D eigenvalue weighted by molar-refractivity contribution is -0.367. The Morgan fingerprint density at radius 2 is 1.67 bits per heavy atom. The number of carbonyl (C=O) groups is 1. The van der Waals surface area contributed by atoms with E-state index in [1.807, 2.05) is 34.1 Å². The number of methoxy groups -OCH3 is 1. The number of benzene rings is 1. The van der Waals surface area contributed by atoms with Crippen LogP contribution >= 0.6 is 11.6 Å². The molecule has 0 saturated carbocycles. The van der Waals surface area contributed by atoms with Crippen molar-refractivity contribution < 1.29 is 27.7 Å². The van der Waals surface area contributed by atoms with E-state index in [0.717, 1.165) is 36.8 Å². The minimum absolute atomic E-state index is 0.0317. The molecule has 0 unspecified atom stereocenters. The first kappa shape index (κ1) is 23.5. The van der Waals surface area contributed by atoms with Gasteiger partial charge in [0.2, 0.25) is 5.91 Å². The number of rotatable bonds is 4. The molecule has 0 atom stereocenters. The van der Waals surface area contributed by atoms with Crippen LogP contribution in [0.3, 0.4) is 0 Å². The van der Waals surface area contributed by atoms with Crippen molar-refractivity contribution in [1.82, 2.24) is 4.90 Å². The predicted molar refractivity (Wildman–Crippen MR) is 120 cm³/mol. The number of hydrogen-bond acceptors (Lipinski definition) is 4. The van der Waals surface area contributed by atoms with Crippen LogP contribution in [0.15, 0.2) is 36.5 Å². The van der Waals surface area contributed by atoms with Crippen molar-refractivity contribution >= 4 is 29.0 Å². The molecule has 0 bridgehead atoms.